The lowest BCUT2D eigenvalue weighted by atomic mass is 9.98. The minimum absolute atomic E-state index is 0.226. The van der Waals surface area contributed by atoms with Crippen molar-refractivity contribution in [2.24, 2.45) is 7.05 Å². The average Bonchev–Trinajstić information content (AvgIpc) is 2.91. The number of anilines is 1. The second-order valence-electron chi connectivity index (χ2n) is 7.29. The normalized spacial score (nSPS) is 12.5. The van der Waals surface area contributed by atoms with Crippen molar-refractivity contribution in [2.45, 2.75) is 64.9 Å². The standard InChI is InChI=1S/C20H24F6N4O2/c1-6-12(7-2)32-18-13(16(19(21,22)23)20(24,25)26)8-9-14(28-18)27-17(31)15-10(3)29-30(5)11(15)4/h8-9,12,16H,6-7H2,1-5H3,(H,27,28,31). The van der Waals surface area contributed by atoms with Crippen molar-refractivity contribution >= 4 is 11.7 Å². The number of aromatic nitrogens is 3. The van der Waals surface area contributed by atoms with Gasteiger partial charge in [0.25, 0.3) is 5.91 Å². The maximum Gasteiger partial charge on any atom is 0.404 e. The molecule has 0 fully saturated rings. The van der Waals surface area contributed by atoms with Crippen LogP contribution < -0.4 is 10.1 Å². The Labute approximate surface area is 181 Å². The predicted octanol–water partition coefficient (Wildman–Crippen LogP) is 5.46. The van der Waals surface area contributed by atoms with Gasteiger partial charge in [-0.05, 0) is 38.8 Å². The van der Waals surface area contributed by atoms with Crippen LogP contribution in [0.5, 0.6) is 5.88 Å². The smallest absolute Gasteiger partial charge is 0.404 e. The molecule has 0 aliphatic carbocycles. The number of carbonyl (C=O) groups excluding carboxylic acids is 1. The molecule has 178 valence electrons. The molecule has 0 saturated carbocycles. The number of ether oxygens (including phenoxy) is 1. The number of alkyl halides is 6. The first-order chi connectivity index (χ1) is 14.7. The van der Waals surface area contributed by atoms with E-state index in [4.69, 9.17) is 4.74 Å². The highest BCUT2D eigenvalue weighted by Crippen LogP contribution is 2.49. The molecule has 2 aromatic heterocycles. The van der Waals surface area contributed by atoms with Crippen LogP contribution in [0.1, 0.15) is 59.9 Å². The molecule has 0 radical (unpaired) electrons. The van der Waals surface area contributed by atoms with Gasteiger partial charge in [-0.1, -0.05) is 13.8 Å². The number of hydrogen-bond donors (Lipinski definition) is 1. The van der Waals surface area contributed by atoms with Gasteiger partial charge in [0.05, 0.1) is 17.4 Å². The molecule has 1 amide bonds. The fraction of sp³-hybridized carbons (Fsp3) is 0.550. The summed E-state index contributed by atoms with van der Waals surface area (Å²) in [6.07, 6.45) is -11.2. The van der Waals surface area contributed by atoms with Gasteiger partial charge >= 0.3 is 12.4 Å². The number of nitrogens with one attached hydrogen (secondary N) is 1. The molecule has 12 heteroatoms. The lowest BCUT2D eigenvalue weighted by molar-refractivity contribution is -0.254. The Morgan fingerprint density at radius 3 is 2.09 bits per heavy atom. The number of rotatable bonds is 7. The van der Waals surface area contributed by atoms with Crippen molar-refractivity contribution in [2.75, 3.05) is 5.32 Å². The lowest BCUT2D eigenvalue weighted by Crippen LogP contribution is -2.35. The van der Waals surface area contributed by atoms with Crippen LogP contribution in [0.15, 0.2) is 12.1 Å². The van der Waals surface area contributed by atoms with Crippen LogP contribution >= 0.6 is 0 Å². The van der Waals surface area contributed by atoms with Crippen molar-refractivity contribution in [3.8, 4) is 5.88 Å². The summed E-state index contributed by atoms with van der Waals surface area (Å²) in [6, 6.07) is 1.52. The Kier molecular flexibility index (Phi) is 7.46. The minimum Gasteiger partial charge on any atom is -0.474 e. The number of carbonyl (C=O) groups is 1. The van der Waals surface area contributed by atoms with E-state index >= 15 is 0 Å². The first-order valence-electron chi connectivity index (χ1n) is 9.83. The zero-order valence-electron chi connectivity index (χ0n) is 18.1. The molecule has 0 spiro atoms. The fourth-order valence-corrected chi connectivity index (χ4v) is 3.27. The van der Waals surface area contributed by atoms with Crippen molar-refractivity contribution in [1.29, 1.82) is 0 Å². The third kappa shape index (κ3) is 5.52. The number of amides is 1. The van der Waals surface area contributed by atoms with Gasteiger partial charge in [0.1, 0.15) is 5.82 Å². The van der Waals surface area contributed by atoms with E-state index in [2.05, 4.69) is 15.4 Å². The number of halogens is 6. The Hall–Kier alpha value is -2.79. The zero-order chi connectivity index (χ0) is 24.4. The van der Waals surface area contributed by atoms with Crippen LogP contribution in [0.3, 0.4) is 0 Å². The number of pyridine rings is 1. The van der Waals surface area contributed by atoms with E-state index in [0.29, 0.717) is 30.3 Å². The Balaban J connectivity index is 2.53. The molecule has 0 aliphatic rings. The van der Waals surface area contributed by atoms with Gasteiger partial charge in [-0.25, -0.2) is 0 Å². The third-order valence-corrected chi connectivity index (χ3v) is 5.02. The monoisotopic (exact) mass is 466 g/mol. The molecule has 6 nitrogen and oxygen atoms in total. The van der Waals surface area contributed by atoms with Crippen LogP contribution in [0.4, 0.5) is 32.2 Å². The Morgan fingerprint density at radius 1 is 1.09 bits per heavy atom. The average molecular weight is 466 g/mol. The molecule has 0 aromatic carbocycles. The van der Waals surface area contributed by atoms with Crippen LogP contribution in [0.25, 0.3) is 0 Å². The maximum atomic E-state index is 13.3. The summed E-state index contributed by atoms with van der Waals surface area (Å²) in [6.45, 7) is 6.60. The van der Waals surface area contributed by atoms with E-state index in [0.717, 1.165) is 6.07 Å². The van der Waals surface area contributed by atoms with E-state index in [1.54, 1.807) is 34.7 Å². The SMILES string of the molecule is CCC(CC)Oc1nc(NC(=O)c2c(C)nn(C)c2C)ccc1C(C(F)(F)F)C(F)(F)F. The van der Waals surface area contributed by atoms with Crippen LogP contribution in [0.2, 0.25) is 0 Å². The molecule has 0 atom stereocenters. The Morgan fingerprint density at radius 2 is 1.66 bits per heavy atom. The molecule has 32 heavy (non-hydrogen) atoms. The fourth-order valence-electron chi connectivity index (χ4n) is 3.27. The number of hydrogen-bond acceptors (Lipinski definition) is 4. The summed E-state index contributed by atoms with van der Waals surface area (Å²) >= 11 is 0. The van der Waals surface area contributed by atoms with E-state index in [1.165, 1.54) is 4.68 Å². The van der Waals surface area contributed by atoms with Crippen molar-refractivity contribution in [3.63, 3.8) is 0 Å². The van der Waals surface area contributed by atoms with E-state index in [-0.39, 0.29) is 11.4 Å². The van der Waals surface area contributed by atoms with E-state index in [9.17, 15) is 31.1 Å². The predicted molar refractivity (Wildman–Crippen MR) is 105 cm³/mol. The van der Waals surface area contributed by atoms with Gasteiger partial charge in [-0.2, -0.15) is 36.4 Å². The highest BCUT2D eigenvalue weighted by Gasteiger charge is 2.58. The van der Waals surface area contributed by atoms with Gasteiger partial charge in [0.15, 0.2) is 5.92 Å². The molecule has 2 aromatic rings. The van der Waals surface area contributed by atoms with Crippen LogP contribution in [0, 0.1) is 13.8 Å². The zero-order valence-corrected chi connectivity index (χ0v) is 18.1. The highest BCUT2D eigenvalue weighted by molar-refractivity contribution is 6.05. The first kappa shape index (κ1) is 25.5. The van der Waals surface area contributed by atoms with Crippen LogP contribution in [-0.4, -0.2) is 39.1 Å². The van der Waals surface area contributed by atoms with Gasteiger partial charge in [0.2, 0.25) is 5.88 Å². The van der Waals surface area contributed by atoms with Gasteiger partial charge in [-0.3, -0.25) is 9.48 Å². The van der Waals surface area contributed by atoms with Gasteiger partial charge < -0.3 is 10.1 Å². The number of aryl methyl sites for hydroxylation is 2. The Bertz CT molecular complexity index is 950. The van der Waals surface area contributed by atoms with Crippen molar-refractivity contribution in [3.05, 3.63) is 34.6 Å². The summed E-state index contributed by atoms with van der Waals surface area (Å²) < 4.78 is 86.8. The third-order valence-electron chi connectivity index (χ3n) is 5.02. The molecular formula is C20H24F6N4O2. The second-order valence-corrected chi connectivity index (χ2v) is 7.29. The van der Waals surface area contributed by atoms with Crippen molar-refractivity contribution < 1.29 is 35.9 Å². The molecule has 0 unspecified atom stereocenters. The molecule has 0 saturated heterocycles. The lowest BCUT2D eigenvalue weighted by Gasteiger charge is -2.26. The number of nitrogens with zero attached hydrogens (tertiary/aromatic N) is 3. The summed E-state index contributed by atoms with van der Waals surface area (Å²) in [5.41, 5.74) is -0.00547. The minimum atomic E-state index is -5.61. The molecule has 2 heterocycles. The summed E-state index contributed by atoms with van der Waals surface area (Å²) in [7, 11) is 1.63. The largest absolute Gasteiger partial charge is 0.474 e. The van der Waals surface area contributed by atoms with E-state index < -0.39 is 41.7 Å². The van der Waals surface area contributed by atoms with Gasteiger partial charge in [-0.15, -0.1) is 0 Å². The molecule has 1 N–H and O–H groups in total. The van der Waals surface area contributed by atoms with Crippen molar-refractivity contribution in [1.82, 2.24) is 14.8 Å². The van der Waals surface area contributed by atoms with E-state index in [1.807, 2.05) is 0 Å². The van der Waals surface area contributed by atoms with Crippen LogP contribution in [-0.2, 0) is 7.05 Å². The molecular weight excluding hydrogens is 442 g/mol. The highest BCUT2D eigenvalue weighted by atomic mass is 19.4. The summed E-state index contributed by atoms with van der Waals surface area (Å²) in [5.74, 6) is -5.49. The molecule has 2 rings (SSSR count). The quantitative estimate of drug-likeness (QED) is 0.551. The summed E-state index contributed by atoms with van der Waals surface area (Å²) in [4.78, 5) is 16.5. The van der Waals surface area contributed by atoms with Gasteiger partial charge in [0, 0.05) is 18.3 Å². The maximum absolute atomic E-state index is 13.3. The summed E-state index contributed by atoms with van der Waals surface area (Å²) in [5, 5.41) is 6.51. The topological polar surface area (TPSA) is 69.0 Å². The molecule has 0 bridgehead atoms. The first-order valence-corrected chi connectivity index (χ1v) is 9.83. The molecule has 0 aliphatic heterocycles. The second kappa shape index (κ2) is 9.37.